The molecular formula is C19H14O11S2. The van der Waals surface area contributed by atoms with Crippen LogP contribution in [0, 0.1) is 5.92 Å². The van der Waals surface area contributed by atoms with Gasteiger partial charge in [0.05, 0.1) is 9.79 Å². The second-order valence-electron chi connectivity index (χ2n) is 7.25. The third kappa shape index (κ3) is 3.64. The van der Waals surface area contributed by atoms with Crippen molar-refractivity contribution in [2.24, 2.45) is 5.92 Å². The van der Waals surface area contributed by atoms with Crippen molar-refractivity contribution in [2.45, 2.75) is 22.1 Å². The highest BCUT2D eigenvalue weighted by atomic mass is 32.2. The first-order valence-corrected chi connectivity index (χ1v) is 11.8. The van der Waals surface area contributed by atoms with Crippen LogP contribution in [0.3, 0.4) is 0 Å². The Bertz CT molecular complexity index is 1440. The van der Waals surface area contributed by atoms with E-state index in [1.54, 1.807) is 0 Å². The number of benzene rings is 2. The van der Waals surface area contributed by atoms with Crippen molar-refractivity contribution < 1.29 is 50.5 Å². The molecule has 11 nitrogen and oxygen atoms in total. The van der Waals surface area contributed by atoms with Crippen LogP contribution in [0.1, 0.15) is 23.5 Å². The number of rotatable bonds is 3. The summed E-state index contributed by atoms with van der Waals surface area (Å²) in [5, 5.41) is 19.8. The molecule has 0 saturated carbocycles. The zero-order valence-electron chi connectivity index (χ0n) is 15.8. The number of ether oxygens (including phenoxy) is 1. The lowest BCUT2D eigenvalue weighted by molar-refractivity contribution is -0.135. The van der Waals surface area contributed by atoms with Gasteiger partial charge in [-0.2, -0.15) is 16.8 Å². The number of hydrogen-bond acceptors (Lipinski definition) is 9. The van der Waals surface area contributed by atoms with Gasteiger partial charge in [0.15, 0.2) is 11.5 Å². The van der Waals surface area contributed by atoms with E-state index in [0.29, 0.717) is 6.07 Å². The largest absolute Gasteiger partial charge is 0.504 e. The molecule has 0 radical (unpaired) electrons. The van der Waals surface area contributed by atoms with Gasteiger partial charge in [-0.1, -0.05) is 6.07 Å². The molecule has 1 heterocycles. The molecule has 0 spiro atoms. The molecule has 0 amide bonds. The molecule has 0 saturated heterocycles. The van der Waals surface area contributed by atoms with Gasteiger partial charge in [-0.3, -0.25) is 18.7 Å². The molecule has 0 aromatic heterocycles. The predicted molar refractivity (Wildman–Crippen MR) is 105 cm³/mol. The number of carbonyl (C=O) groups excluding carboxylic acids is 2. The number of aromatic hydroxyl groups is 2. The summed E-state index contributed by atoms with van der Waals surface area (Å²) in [5.74, 6) is -4.95. The number of ketones is 2. The van der Waals surface area contributed by atoms with Crippen LogP contribution in [0.25, 0.3) is 0 Å². The SMILES string of the molecule is O=C1C=C2Oc3cc(O)c(O)cc3C(c3ccc(S(=O)(=O)O)cc3S(=O)(=O)O)C2CC1=O. The molecule has 168 valence electrons. The Morgan fingerprint density at radius 1 is 0.875 bits per heavy atom. The maximum absolute atomic E-state index is 12.1. The second kappa shape index (κ2) is 7.13. The van der Waals surface area contributed by atoms with Crippen molar-refractivity contribution >= 4 is 31.8 Å². The quantitative estimate of drug-likeness (QED) is 0.279. The zero-order valence-corrected chi connectivity index (χ0v) is 17.4. The summed E-state index contributed by atoms with van der Waals surface area (Å²) in [6, 6.07) is 4.56. The molecule has 2 unspecified atom stereocenters. The van der Waals surface area contributed by atoms with Crippen molar-refractivity contribution in [1.82, 2.24) is 0 Å². The number of Topliss-reactive ketones (excluding diaryl/α,β-unsaturated/α-hetero) is 1. The molecule has 2 atom stereocenters. The van der Waals surface area contributed by atoms with Crippen LogP contribution in [0.15, 0.2) is 52.0 Å². The highest BCUT2D eigenvalue weighted by molar-refractivity contribution is 7.86. The van der Waals surface area contributed by atoms with E-state index in [0.717, 1.165) is 30.3 Å². The Balaban J connectivity index is 2.05. The standard InChI is InChI=1S/C19H14O11S2/c20-12-4-10-16(6-14(12)22)30-17-7-15(23)13(21)5-11(17)19(10)9-2-1-8(31(24,25)26)3-18(9)32(27,28)29/h1-4,6-7,11,19-20,22H,5H2,(H,24,25,26)(H,27,28,29). The molecule has 32 heavy (non-hydrogen) atoms. The van der Waals surface area contributed by atoms with Gasteiger partial charge in [0.1, 0.15) is 11.5 Å². The van der Waals surface area contributed by atoms with Gasteiger partial charge >= 0.3 is 0 Å². The summed E-state index contributed by atoms with van der Waals surface area (Å²) < 4.78 is 71.9. The number of allylic oxidation sites excluding steroid dienone is 2. The van der Waals surface area contributed by atoms with E-state index in [-0.39, 0.29) is 22.6 Å². The lowest BCUT2D eigenvalue weighted by Crippen LogP contribution is -2.34. The first-order chi connectivity index (χ1) is 14.8. The third-order valence-electron chi connectivity index (χ3n) is 5.29. The third-order valence-corrected chi connectivity index (χ3v) is 7.05. The average Bonchev–Trinajstić information content (AvgIpc) is 2.67. The van der Waals surface area contributed by atoms with Gasteiger partial charge in [0.2, 0.25) is 11.6 Å². The molecule has 4 N–H and O–H groups in total. The highest BCUT2D eigenvalue weighted by Crippen LogP contribution is 2.52. The van der Waals surface area contributed by atoms with Crippen LogP contribution < -0.4 is 4.74 Å². The van der Waals surface area contributed by atoms with Gasteiger partial charge in [0, 0.05) is 36.0 Å². The first kappa shape index (κ1) is 22.0. The number of carbonyl (C=O) groups is 2. The Labute approximate surface area is 181 Å². The van der Waals surface area contributed by atoms with Crippen molar-refractivity contribution in [1.29, 1.82) is 0 Å². The number of hydrogen-bond donors (Lipinski definition) is 4. The van der Waals surface area contributed by atoms with Crippen molar-refractivity contribution in [3.8, 4) is 17.2 Å². The van der Waals surface area contributed by atoms with Crippen molar-refractivity contribution in [3.63, 3.8) is 0 Å². The Kier molecular flexibility index (Phi) is 4.89. The summed E-state index contributed by atoms with van der Waals surface area (Å²) in [6.07, 6.45) is 0.525. The van der Waals surface area contributed by atoms with E-state index in [9.17, 15) is 45.7 Å². The maximum Gasteiger partial charge on any atom is 0.294 e. The van der Waals surface area contributed by atoms with E-state index in [1.165, 1.54) is 0 Å². The van der Waals surface area contributed by atoms with Crippen LogP contribution in [-0.2, 0) is 29.8 Å². The zero-order chi connectivity index (χ0) is 23.6. The first-order valence-electron chi connectivity index (χ1n) is 8.89. The molecule has 1 aliphatic heterocycles. The Hall–Kier alpha value is -3.26. The van der Waals surface area contributed by atoms with Crippen LogP contribution in [0.4, 0.5) is 0 Å². The molecule has 2 aromatic rings. The van der Waals surface area contributed by atoms with Gasteiger partial charge in [-0.05, 0) is 23.8 Å². The summed E-state index contributed by atoms with van der Waals surface area (Å²) in [4.78, 5) is 22.3. The molecule has 13 heteroatoms. The van der Waals surface area contributed by atoms with Crippen LogP contribution >= 0.6 is 0 Å². The lowest BCUT2D eigenvalue weighted by atomic mass is 9.73. The van der Waals surface area contributed by atoms with Gasteiger partial charge in [-0.15, -0.1) is 0 Å². The van der Waals surface area contributed by atoms with E-state index in [1.807, 2.05) is 0 Å². The molecular weight excluding hydrogens is 468 g/mol. The molecule has 0 fully saturated rings. The fourth-order valence-corrected chi connectivity index (χ4v) is 5.24. The van der Waals surface area contributed by atoms with Crippen molar-refractivity contribution in [2.75, 3.05) is 0 Å². The van der Waals surface area contributed by atoms with Crippen molar-refractivity contribution in [3.05, 3.63) is 53.3 Å². The van der Waals surface area contributed by atoms with E-state index in [4.69, 9.17) is 4.74 Å². The lowest BCUT2D eigenvalue weighted by Gasteiger charge is -2.37. The number of fused-ring (bicyclic) bond motifs is 2. The van der Waals surface area contributed by atoms with E-state index >= 15 is 0 Å². The van der Waals surface area contributed by atoms with Gasteiger partial charge in [-0.25, -0.2) is 0 Å². The molecule has 4 rings (SSSR count). The predicted octanol–water partition coefficient (Wildman–Crippen LogP) is 1.16. The minimum atomic E-state index is -5.05. The van der Waals surface area contributed by atoms with Crippen LogP contribution in [-0.4, -0.2) is 47.7 Å². The van der Waals surface area contributed by atoms with Gasteiger partial charge in [0.25, 0.3) is 20.2 Å². The topological polar surface area (TPSA) is 193 Å². The van der Waals surface area contributed by atoms with Crippen LogP contribution in [0.2, 0.25) is 0 Å². The summed E-state index contributed by atoms with van der Waals surface area (Å²) in [6.45, 7) is 0. The fraction of sp³-hybridized carbons (Fsp3) is 0.158. The maximum atomic E-state index is 12.1. The minimum absolute atomic E-state index is 0.0164. The minimum Gasteiger partial charge on any atom is -0.504 e. The van der Waals surface area contributed by atoms with Crippen LogP contribution in [0.5, 0.6) is 17.2 Å². The highest BCUT2D eigenvalue weighted by Gasteiger charge is 2.43. The molecule has 1 aliphatic carbocycles. The van der Waals surface area contributed by atoms with E-state index in [2.05, 4.69) is 0 Å². The average molecular weight is 482 g/mol. The smallest absolute Gasteiger partial charge is 0.294 e. The monoisotopic (exact) mass is 482 g/mol. The summed E-state index contributed by atoms with van der Waals surface area (Å²) >= 11 is 0. The Morgan fingerprint density at radius 2 is 1.53 bits per heavy atom. The fourth-order valence-electron chi connectivity index (χ4n) is 3.89. The van der Waals surface area contributed by atoms with Gasteiger partial charge < -0.3 is 14.9 Å². The summed E-state index contributed by atoms with van der Waals surface area (Å²) in [7, 11) is -9.88. The molecule has 2 aliphatic rings. The second-order valence-corrected chi connectivity index (χ2v) is 10.1. The van der Waals surface area contributed by atoms with E-state index < -0.39 is 71.3 Å². The Morgan fingerprint density at radius 3 is 2.16 bits per heavy atom. The number of phenolic OH excluding ortho intramolecular Hbond substituents is 2. The summed E-state index contributed by atoms with van der Waals surface area (Å²) in [5.41, 5.74) is -0.0818. The normalized spacial score (nSPS) is 20.8. The number of phenols is 2. The molecule has 2 aromatic carbocycles. The molecule has 0 bridgehead atoms.